The Bertz CT molecular complexity index is 1230. The molecule has 8 nitrogen and oxygen atoms in total. The smallest absolute Gasteiger partial charge is 0.258 e. The van der Waals surface area contributed by atoms with Crippen molar-refractivity contribution in [3.63, 3.8) is 0 Å². The van der Waals surface area contributed by atoms with E-state index in [1.54, 1.807) is 12.1 Å². The first-order valence-corrected chi connectivity index (χ1v) is 13.1. The highest BCUT2D eigenvalue weighted by molar-refractivity contribution is 7.99. The molecule has 0 saturated heterocycles. The lowest BCUT2D eigenvalue weighted by molar-refractivity contribution is -0.123. The molecule has 0 saturated carbocycles. The lowest BCUT2D eigenvalue weighted by Crippen LogP contribution is -2.29. The number of aryl methyl sites for hydroxylation is 2. The molecule has 0 aliphatic carbocycles. The first-order valence-electron chi connectivity index (χ1n) is 11.8. The van der Waals surface area contributed by atoms with E-state index >= 15 is 0 Å². The molecule has 1 heterocycles. The Morgan fingerprint density at radius 2 is 1.89 bits per heavy atom. The molecule has 3 rings (SSSR count). The van der Waals surface area contributed by atoms with Crippen LogP contribution in [0.15, 0.2) is 41.6 Å². The Kier molecular flexibility index (Phi) is 9.78. The molecule has 0 aliphatic rings. The maximum atomic E-state index is 12.4. The lowest BCUT2D eigenvalue weighted by atomic mass is 10.0. The van der Waals surface area contributed by atoms with Gasteiger partial charge in [-0.2, -0.15) is 0 Å². The number of hydrogen-bond donors (Lipinski definition) is 2. The minimum atomic E-state index is -0.248. The quantitative estimate of drug-likeness (QED) is 0.335. The zero-order valence-electron chi connectivity index (χ0n) is 21.2. The second-order valence-corrected chi connectivity index (χ2v) is 10.1. The number of hydrogen-bond acceptors (Lipinski definition) is 6. The van der Waals surface area contributed by atoms with Crippen LogP contribution >= 0.6 is 23.4 Å². The third-order valence-corrected chi connectivity index (χ3v) is 6.71. The highest BCUT2D eigenvalue weighted by Gasteiger charge is 2.15. The number of aromatic nitrogens is 3. The molecule has 0 bridgehead atoms. The summed E-state index contributed by atoms with van der Waals surface area (Å²) in [6.45, 7) is 10.8. The molecule has 0 atom stereocenters. The second-order valence-electron chi connectivity index (χ2n) is 8.70. The minimum absolute atomic E-state index is 0.0892. The van der Waals surface area contributed by atoms with Gasteiger partial charge in [0.05, 0.1) is 12.3 Å². The molecule has 10 heteroatoms. The van der Waals surface area contributed by atoms with Gasteiger partial charge in [-0.15, -0.1) is 10.2 Å². The number of anilines is 1. The van der Waals surface area contributed by atoms with Crippen LogP contribution in [-0.2, 0) is 22.7 Å². The molecule has 1 aromatic heterocycles. The van der Waals surface area contributed by atoms with Crippen molar-refractivity contribution in [2.75, 3.05) is 17.7 Å². The largest absolute Gasteiger partial charge is 0.483 e. The molecule has 0 unspecified atom stereocenters. The van der Waals surface area contributed by atoms with E-state index in [4.69, 9.17) is 16.3 Å². The van der Waals surface area contributed by atoms with Gasteiger partial charge in [-0.3, -0.25) is 9.59 Å². The standard InChI is InChI=1S/C26H32ClN5O3S/c1-6-32-23(13-28-24(33)14-35-22-11-17(4)7-10-20(22)16(2)3)30-31-26(32)36-15-25(34)29-21-12-19(27)9-8-18(21)5/h7-12,16H,6,13-15H2,1-5H3,(H,28,33)(H,29,34). The highest BCUT2D eigenvalue weighted by atomic mass is 35.5. The molecule has 0 aliphatic heterocycles. The molecular weight excluding hydrogens is 498 g/mol. The summed E-state index contributed by atoms with van der Waals surface area (Å²) in [5, 5.41) is 15.3. The molecule has 0 spiro atoms. The molecular formula is C26H32ClN5O3S. The summed E-state index contributed by atoms with van der Waals surface area (Å²) in [6.07, 6.45) is 0. The number of ether oxygens (including phenoxy) is 1. The Balaban J connectivity index is 1.53. The molecule has 0 radical (unpaired) electrons. The van der Waals surface area contributed by atoms with E-state index in [1.165, 1.54) is 11.8 Å². The SMILES string of the molecule is CCn1c(CNC(=O)COc2cc(C)ccc2C(C)C)nnc1SCC(=O)Nc1cc(Cl)ccc1C. The van der Waals surface area contributed by atoms with Gasteiger partial charge in [-0.05, 0) is 61.6 Å². The number of benzene rings is 2. The van der Waals surface area contributed by atoms with Crippen molar-refractivity contribution in [1.82, 2.24) is 20.1 Å². The summed E-state index contributed by atoms with van der Waals surface area (Å²) >= 11 is 7.31. The Labute approximate surface area is 221 Å². The van der Waals surface area contributed by atoms with Crippen LogP contribution in [0.25, 0.3) is 0 Å². The average Bonchev–Trinajstić information content (AvgIpc) is 3.24. The van der Waals surface area contributed by atoms with E-state index in [1.807, 2.05) is 49.6 Å². The first-order chi connectivity index (χ1) is 17.2. The number of halogens is 1. The van der Waals surface area contributed by atoms with E-state index in [9.17, 15) is 9.59 Å². The molecule has 0 fully saturated rings. The summed E-state index contributed by atoms with van der Waals surface area (Å²) in [4.78, 5) is 24.9. The first kappa shape index (κ1) is 27.5. The normalized spacial score (nSPS) is 11.0. The Hall–Kier alpha value is -3.04. The van der Waals surface area contributed by atoms with Crippen LogP contribution in [0.3, 0.4) is 0 Å². The molecule has 36 heavy (non-hydrogen) atoms. The van der Waals surface area contributed by atoms with Crippen LogP contribution in [0.2, 0.25) is 5.02 Å². The highest BCUT2D eigenvalue weighted by Crippen LogP contribution is 2.27. The fourth-order valence-electron chi connectivity index (χ4n) is 3.54. The van der Waals surface area contributed by atoms with Crippen molar-refractivity contribution >= 4 is 40.9 Å². The van der Waals surface area contributed by atoms with Crippen molar-refractivity contribution in [1.29, 1.82) is 0 Å². The number of rotatable bonds is 11. The van der Waals surface area contributed by atoms with Crippen molar-refractivity contribution in [2.24, 2.45) is 0 Å². The maximum Gasteiger partial charge on any atom is 0.258 e. The summed E-state index contributed by atoms with van der Waals surface area (Å²) in [5.41, 5.74) is 3.75. The number of carbonyl (C=O) groups is 2. The summed E-state index contributed by atoms with van der Waals surface area (Å²) in [6, 6.07) is 11.4. The predicted molar refractivity (Wildman–Crippen MR) is 144 cm³/mol. The van der Waals surface area contributed by atoms with E-state index in [2.05, 4.69) is 34.7 Å². The number of nitrogens with zero attached hydrogens (tertiary/aromatic N) is 3. The van der Waals surface area contributed by atoms with Crippen LogP contribution in [-0.4, -0.2) is 38.9 Å². The van der Waals surface area contributed by atoms with Crippen molar-refractivity contribution < 1.29 is 14.3 Å². The number of amides is 2. The molecule has 2 N–H and O–H groups in total. The number of carbonyl (C=O) groups excluding carboxylic acids is 2. The fraction of sp³-hybridized carbons (Fsp3) is 0.385. The molecule has 3 aromatic rings. The summed E-state index contributed by atoms with van der Waals surface area (Å²) in [7, 11) is 0. The van der Waals surface area contributed by atoms with Gasteiger partial charge >= 0.3 is 0 Å². The van der Waals surface area contributed by atoms with Crippen LogP contribution < -0.4 is 15.4 Å². The van der Waals surface area contributed by atoms with Gasteiger partial charge in [-0.25, -0.2) is 0 Å². The Morgan fingerprint density at radius 3 is 2.61 bits per heavy atom. The van der Waals surface area contributed by atoms with Crippen molar-refractivity contribution in [2.45, 2.75) is 58.8 Å². The van der Waals surface area contributed by atoms with Crippen molar-refractivity contribution in [3.05, 3.63) is 63.9 Å². The summed E-state index contributed by atoms with van der Waals surface area (Å²) < 4.78 is 7.69. The Morgan fingerprint density at radius 1 is 1.11 bits per heavy atom. The van der Waals surface area contributed by atoms with Gasteiger partial charge in [0, 0.05) is 17.3 Å². The summed E-state index contributed by atoms with van der Waals surface area (Å²) in [5.74, 6) is 1.38. The third kappa shape index (κ3) is 7.48. The van der Waals surface area contributed by atoms with Crippen molar-refractivity contribution in [3.8, 4) is 5.75 Å². The van der Waals surface area contributed by atoms with Gasteiger partial charge in [0.15, 0.2) is 17.6 Å². The van der Waals surface area contributed by atoms with Gasteiger partial charge in [0.25, 0.3) is 5.91 Å². The van der Waals surface area contributed by atoms with E-state index in [0.29, 0.717) is 34.2 Å². The van der Waals surface area contributed by atoms with E-state index in [-0.39, 0.29) is 30.7 Å². The number of nitrogens with one attached hydrogen (secondary N) is 2. The van der Waals surface area contributed by atoms with Gasteiger partial charge < -0.3 is 19.9 Å². The molecule has 192 valence electrons. The average molecular weight is 530 g/mol. The van der Waals surface area contributed by atoms with Gasteiger partial charge in [-0.1, -0.05) is 55.4 Å². The number of thioether (sulfide) groups is 1. The van der Waals surface area contributed by atoms with Crippen LogP contribution in [0.1, 0.15) is 49.2 Å². The minimum Gasteiger partial charge on any atom is -0.483 e. The van der Waals surface area contributed by atoms with Crippen LogP contribution in [0.5, 0.6) is 5.75 Å². The van der Waals surface area contributed by atoms with Crippen LogP contribution in [0, 0.1) is 13.8 Å². The van der Waals surface area contributed by atoms with E-state index in [0.717, 1.165) is 22.4 Å². The van der Waals surface area contributed by atoms with Crippen LogP contribution in [0.4, 0.5) is 5.69 Å². The lowest BCUT2D eigenvalue weighted by Gasteiger charge is -2.15. The van der Waals surface area contributed by atoms with Gasteiger partial charge in [0.2, 0.25) is 5.91 Å². The molecule has 2 aromatic carbocycles. The topological polar surface area (TPSA) is 98.1 Å². The zero-order chi connectivity index (χ0) is 26.2. The van der Waals surface area contributed by atoms with Gasteiger partial charge in [0.1, 0.15) is 5.75 Å². The molecule has 2 amide bonds. The maximum absolute atomic E-state index is 12.4. The third-order valence-electron chi connectivity index (χ3n) is 5.51. The monoisotopic (exact) mass is 529 g/mol. The van der Waals surface area contributed by atoms with E-state index < -0.39 is 0 Å². The second kappa shape index (κ2) is 12.8. The zero-order valence-corrected chi connectivity index (χ0v) is 22.8. The fourth-order valence-corrected chi connectivity index (χ4v) is 4.53. The predicted octanol–water partition coefficient (Wildman–Crippen LogP) is 5.12.